The number of hydrogen-bond acceptors (Lipinski definition) is 10. The summed E-state index contributed by atoms with van der Waals surface area (Å²) in [5.74, 6) is 1.25. The first-order valence-electron chi connectivity index (χ1n) is 22.3. The Labute approximate surface area is 379 Å². The average Bonchev–Trinajstić information content (AvgIpc) is 3.58. The second-order valence-corrected chi connectivity index (χ2v) is 18.7. The highest BCUT2D eigenvalue weighted by Gasteiger charge is 2.61. The van der Waals surface area contributed by atoms with Gasteiger partial charge < -0.3 is 28.7 Å². The second-order valence-electron chi connectivity index (χ2n) is 18.7. The molecule has 10 nitrogen and oxygen atoms in total. The minimum atomic E-state index is -0.889. The number of carbonyl (C=O) groups is 2. The van der Waals surface area contributed by atoms with Crippen LogP contribution in [0.25, 0.3) is 21.5 Å². The molecule has 6 aromatic rings. The molecule has 328 valence electrons. The molecule has 2 spiro atoms. The smallest absolute Gasteiger partial charge is 0.338 e. The summed E-state index contributed by atoms with van der Waals surface area (Å²) in [6.07, 6.45) is 6.70. The van der Waals surface area contributed by atoms with Crippen molar-refractivity contribution in [1.82, 2.24) is 0 Å². The molecular formula is C55H52N4O6. The summed E-state index contributed by atoms with van der Waals surface area (Å²) >= 11 is 0. The SMILES string of the molecule is C=C(C)C(=O)Oc1ccc2ccc3c(c2c1)N=CC1(O3)N(CCCCCN2c3ccccc3C(C)(C)C23C=Nc2c(ccc4ccc(OC(=O)C(=C)C)cc24)O3)c2ccccc2C1(C)C. The summed E-state index contributed by atoms with van der Waals surface area (Å²) in [4.78, 5) is 39.9. The molecule has 10 rings (SSSR count). The van der Waals surface area contributed by atoms with Gasteiger partial charge in [-0.05, 0) is 131 Å². The van der Waals surface area contributed by atoms with Gasteiger partial charge in [-0.3, -0.25) is 9.98 Å². The van der Waals surface area contributed by atoms with Crippen molar-refractivity contribution in [1.29, 1.82) is 0 Å². The number of carbonyl (C=O) groups excluding carboxylic acids is 2. The zero-order chi connectivity index (χ0) is 45.5. The van der Waals surface area contributed by atoms with E-state index in [4.69, 9.17) is 28.9 Å². The van der Waals surface area contributed by atoms with E-state index in [1.54, 1.807) is 26.0 Å². The molecule has 4 heterocycles. The lowest BCUT2D eigenvalue weighted by atomic mass is 9.77. The van der Waals surface area contributed by atoms with Crippen LogP contribution in [0.1, 0.15) is 71.9 Å². The number of unbranched alkanes of at least 4 members (excludes halogenated alkanes) is 2. The highest BCUT2D eigenvalue weighted by atomic mass is 16.5. The molecule has 0 aliphatic carbocycles. The lowest BCUT2D eigenvalue weighted by Gasteiger charge is -2.47. The highest BCUT2D eigenvalue weighted by molar-refractivity contribution is 6.02. The number of rotatable bonds is 10. The van der Waals surface area contributed by atoms with E-state index in [0.29, 0.717) is 45.5 Å². The standard InChI is InChI=1S/C55H52N4O6/c1-34(2)50(60)62-38-24-20-36-22-26-46-48(40(36)30-38)56-32-54(64-46)52(5,6)42-16-10-12-18-44(42)58(54)28-14-9-15-29-59-45-19-13-11-17-43(45)53(7,8)55(59)33-57-49-41-31-39(63-51(61)35(3)4)25-21-37(41)23-27-47(49)65-55/h10-13,16-27,30-33H,1,3,9,14-15,28-29H2,2,4-8H3. The van der Waals surface area contributed by atoms with Crippen LogP contribution in [0.3, 0.4) is 0 Å². The number of benzene rings is 6. The molecule has 2 atom stereocenters. The third-order valence-electron chi connectivity index (χ3n) is 13.8. The number of aliphatic imine (C=N–C) groups is 2. The second kappa shape index (κ2) is 15.2. The van der Waals surface area contributed by atoms with Crippen molar-refractivity contribution in [3.8, 4) is 23.0 Å². The Morgan fingerprint density at radius 1 is 0.569 bits per heavy atom. The van der Waals surface area contributed by atoms with Gasteiger partial charge in [0.1, 0.15) is 34.4 Å². The van der Waals surface area contributed by atoms with Gasteiger partial charge in [0.15, 0.2) is 0 Å². The van der Waals surface area contributed by atoms with Crippen molar-refractivity contribution in [3.63, 3.8) is 0 Å². The Morgan fingerprint density at radius 3 is 1.38 bits per heavy atom. The van der Waals surface area contributed by atoms with Crippen molar-refractivity contribution in [2.24, 2.45) is 9.98 Å². The Bertz CT molecular complexity index is 2870. The van der Waals surface area contributed by atoms with E-state index < -0.39 is 34.2 Å². The van der Waals surface area contributed by atoms with E-state index in [-0.39, 0.29) is 0 Å². The first-order chi connectivity index (χ1) is 31.1. The maximum Gasteiger partial charge on any atom is 0.338 e. The van der Waals surface area contributed by atoms with Gasteiger partial charge in [-0.25, -0.2) is 9.59 Å². The fourth-order valence-corrected chi connectivity index (χ4v) is 10.2. The Morgan fingerprint density at radius 2 is 0.969 bits per heavy atom. The van der Waals surface area contributed by atoms with Gasteiger partial charge in [-0.1, -0.05) is 73.8 Å². The van der Waals surface area contributed by atoms with Crippen LogP contribution in [-0.4, -0.2) is 48.9 Å². The van der Waals surface area contributed by atoms with Gasteiger partial charge in [0.2, 0.25) is 11.4 Å². The molecular weight excluding hydrogens is 813 g/mol. The van der Waals surface area contributed by atoms with E-state index in [0.717, 1.165) is 65.3 Å². The zero-order valence-corrected chi connectivity index (χ0v) is 37.7. The quantitative estimate of drug-likeness (QED) is 0.0581. The first-order valence-corrected chi connectivity index (χ1v) is 22.3. The van der Waals surface area contributed by atoms with Crippen LogP contribution in [0.4, 0.5) is 22.7 Å². The monoisotopic (exact) mass is 864 g/mol. The molecule has 0 amide bonds. The number of fused-ring (bicyclic) bond motifs is 8. The molecule has 0 radical (unpaired) electrons. The molecule has 0 bridgehead atoms. The van der Waals surface area contributed by atoms with Crippen molar-refractivity contribution in [2.75, 3.05) is 22.9 Å². The largest absolute Gasteiger partial charge is 0.459 e. The molecule has 0 saturated heterocycles. The van der Waals surface area contributed by atoms with Gasteiger partial charge in [0.25, 0.3) is 0 Å². The molecule has 0 aromatic heterocycles. The van der Waals surface area contributed by atoms with Gasteiger partial charge in [-0.2, -0.15) is 0 Å². The number of ether oxygens (including phenoxy) is 4. The lowest BCUT2D eigenvalue weighted by Crippen LogP contribution is -2.62. The fraction of sp³-hybridized carbons (Fsp3) is 0.273. The molecule has 0 N–H and O–H groups in total. The zero-order valence-electron chi connectivity index (χ0n) is 37.7. The van der Waals surface area contributed by atoms with Crippen molar-refractivity contribution in [3.05, 3.63) is 145 Å². The van der Waals surface area contributed by atoms with E-state index in [2.05, 4.69) is 99.2 Å². The van der Waals surface area contributed by atoms with Gasteiger partial charge in [0.05, 0.1) is 23.3 Å². The summed E-state index contributed by atoms with van der Waals surface area (Å²) in [5, 5.41) is 3.60. The van der Waals surface area contributed by atoms with Crippen molar-refractivity contribution in [2.45, 2.75) is 83.1 Å². The molecule has 2 unspecified atom stereocenters. The van der Waals surface area contributed by atoms with Gasteiger partial charge in [-0.15, -0.1) is 0 Å². The average molecular weight is 865 g/mol. The summed E-state index contributed by atoms with van der Waals surface area (Å²) in [7, 11) is 0. The molecule has 10 heteroatoms. The molecule has 0 fully saturated rings. The third-order valence-corrected chi connectivity index (χ3v) is 13.8. The maximum atomic E-state index is 12.4. The lowest BCUT2D eigenvalue weighted by molar-refractivity contribution is -0.130. The van der Waals surface area contributed by atoms with Crippen molar-refractivity contribution < 1.29 is 28.5 Å². The number of hydrogen-bond donors (Lipinski definition) is 0. The summed E-state index contributed by atoms with van der Waals surface area (Å²) in [6.45, 7) is 21.1. The molecule has 4 aliphatic rings. The van der Waals surface area contributed by atoms with E-state index in [1.807, 2.05) is 61.0 Å². The highest BCUT2D eigenvalue weighted by Crippen LogP contribution is 2.57. The topological polar surface area (TPSA) is 102 Å². The van der Waals surface area contributed by atoms with Gasteiger partial charge >= 0.3 is 11.9 Å². The van der Waals surface area contributed by atoms with Crippen LogP contribution in [0.2, 0.25) is 0 Å². The number of anilines is 2. The van der Waals surface area contributed by atoms with Gasteiger partial charge in [0, 0.05) is 46.4 Å². The van der Waals surface area contributed by atoms with Crippen LogP contribution < -0.4 is 28.7 Å². The molecule has 65 heavy (non-hydrogen) atoms. The summed E-state index contributed by atoms with van der Waals surface area (Å²) in [6, 6.07) is 36.3. The summed E-state index contributed by atoms with van der Waals surface area (Å²) < 4.78 is 25.6. The predicted molar refractivity (Wildman–Crippen MR) is 259 cm³/mol. The Kier molecular flexibility index (Phi) is 9.78. The summed E-state index contributed by atoms with van der Waals surface area (Å²) in [5.41, 5.74) is 4.06. The third kappa shape index (κ3) is 6.44. The molecule has 6 aromatic carbocycles. The Hall–Kier alpha value is -7.20. The Balaban J connectivity index is 0.907. The van der Waals surface area contributed by atoms with E-state index in [1.165, 1.54) is 11.1 Å². The van der Waals surface area contributed by atoms with Crippen LogP contribution >= 0.6 is 0 Å². The number of para-hydroxylation sites is 2. The number of nitrogens with zero attached hydrogens (tertiary/aromatic N) is 4. The van der Waals surface area contributed by atoms with Crippen LogP contribution in [0.15, 0.2) is 143 Å². The fourth-order valence-electron chi connectivity index (χ4n) is 10.2. The maximum absolute atomic E-state index is 12.4. The molecule has 4 aliphatic heterocycles. The number of esters is 2. The minimum Gasteiger partial charge on any atom is -0.459 e. The van der Waals surface area contributed by atoms with Crippen LogP contribution in [0, 0.1) is 0 Å². The normalized spacial score (nSPS) is 20.2. The molecule has 0 saturated carbocycles. The van der Waals surface area contributed by atoms with E-state index in [9.17, 15) is 9.59 Å². The van der Waals surface area contributed by atoms with Crippen LogP contribution in [0.5, 0.6) is 23.0 Å². The van der Waals surface area contributed by atoms with E-state index >= 15 is 0 Å². The first kappa shape index (κ1) is 41.8. The minimum absolute atomic E-state index is 0.330. The van der Waals surface area contributed by atoms with Crippen molar-refractivity contribution >= 4 is 68.7 Å². The van der Waals surface area contributed by atoms with Crippen LogP contribution in [-0.2, 0) is 20.4 Å². The predicted octanol–water partition coefficient (Wildman–Crippen LogP) is 12.0.